The molecule has 1 heterocycles. The van der Waals surface area contributed by atoms with Gasteiger partial charge < -0.3 is 15.0 Å². The Kier molecular flexibility index (Phi) is 4.84. The summed E-state index contributed by atoms with van der Waals surface area (Å²) in [6, 6.07) is 7.04. The van der Waals surface area contributed by atoms with Crippen LogP contribution in [0.2, 0.25) is 0 Å². The van der Waals surface area contributed by atoms with Gasteiger partial charge in [-0.3, -0.25) is 9.59 Å². The summed E-state index contributed by atoms with van der Waals surface area (Å²) in [5.41, 5.74) is 1.76. The van der Waals surface area contributed by atoms with Crippen LogP contribution in [0.1, 0.15) is 29.9 Å². The molecule has 1 amide bonds. The van der Waals surface area contributed by atoms with Crippen molar-refractivity contribution >= 4 is 22.8 Å². The quantitative estimate of drug-likeness (QED) is 0.655. The van der Waals surface area contributed by atoms with Gasteiger partial charge in [0, 0.05) is 16.5 Å². The van der Waals surface area contributed by atoms with Crippen LogP contribution in [0.25, 0.3) is 10.9 Å². The van der Waals surface area contributed by atoms with Crippen molar-refractivity contribution in [2.24, 2.45) is 0 Å². The monoisotopic (exact) mass is 298 g/mol. The van der Waals surface area contributed by atoms with Crippen LogP contribution < -0.4 is 5.32 Å². The molecule has 1 unspecified atom stereocenters. The van der Waals surface area contributed by atoms with Crippen molar-refractivity contribution in [2.75, 3.05) is 6.61 Å². The van der Waals surface area contributed by atoms with Crippen molar-refractivity contribution < 1.29 is 14.3 Å². The second kappa shape index (κ2) is 6.81. The van der Waals surface area contributed by atoms with Gasteiger partial charge >= 0.3 is 5.97 Å². The van der Waals surface area contributed by atoms with Gasteiger partial charge in [0.15, 0.2) is 0 Å². The Morgan fingerprint density at radius 2 is 2.14 bits per heavy atom. The minimum absolute atomic E-state index is 0.0328. The summed E-state index contributed by atoms with van der Waals surface area (Å²) in [6.07, 6.45) is 5.32. The lowest BCUT2D eigenvalue weighted by Gasteiger charge is -2.08. The average Bonchev–Trinajstić information content (AvgIpc) is 2.86. The Morgan fingerprint density at radius 3 is 2.82 bits per heavy atom. The number of carbonyl (C=O) groups excluding carboxylic acids is 2. The van der Waals surface area contributed by atoms with Gasteiger partial charge in [-0.2, -0.15) is 0 Å². The van der Waals surface area contributed by atoms with Gasteiger partial charge in [-0.1, -0.05) is 24.1 Å². The van der Waals surface area contributed by atoms with Crippen LogP contribution in [0.4, 0.5) is 0 Å². The molecule has 2 aromatic rings. The molecule has 0 saturated heterocycles. The summed E-state index contributed by atoms with van der Waals surface area (Å²) >= 11 is 0. The van der Waals surface area contributed by atoms with Crippen LogP contribution in [-0.4, -0.2) is 29.5 Å². The summed E-state index contributed by atoms with van der Waals surface area (Å²) < 4.78 is 4.98. The fourth-order valence-corrected chi connectivity index (χ4v) is 2.24. The largest absolute Gasteiger partial charge is 0.466 e. The Hall–Kier alpha value is -2.74. The molecule has 0 aliphatic heterocycles. The molecule has 0 radical (unpaired) electrons. The van der Waals surface area contributed by atoms with Crippen LogP contribution >= 0.6 is 0 Å². The van der Waals surface area contributed by atoms with E-state index in [0.717, 1.165) is 10.9 Å². The van der Waals surface area contributed by atoms with Gasteiger partial charge in [0.1, 0.15) is 5.69 Å². The maximum atomic E-state index is 12.4. The van der Waals surface area contributed by atoms with Crippen LogP contribution in [0, 0.1) is 12.3 Å². The Morgan fingerprint density at radius 1 is 1.41 bits per heavy atom. The molecular formula is C17H18N2O3. The minimum atomic E-state index is -0.394. The Labute approximate surface area is 129 Å². The molecule has 114 valence electrons. The van der Waals surface area contributed by atoms with E-state index in [0.29, 0.717) is 17.9 Å². The molecule has 5 heteroatoms. The molecule has 0 aliphatic rings. The number of rotatable bonds is 5. The summed E-state index contributed by atoms with van der Waals surface area (Å²) in [5.74, 6) is 1.74. The number of aromatic amines is 1. The number of hydrogen-bond acceptors (Lipinski definition) is 3. The summed E-state index contributed by atoms with van der Waals surface area (Å²) in [4.78, 5) is 27.2. The van der Waals surface area contributed by atoms with Gasteiger partial charge in [-0.25, -0.2) is 0 Å². The second-order valence-electron chi connectivity index (χ2n) is 4.87. The van der Waals surface area contributed by atoms with E-state index in [2.05, 4.69) is 16.2 Å². The molecule has 2 N–H and O–H groups in total. The van der Waals surface area contributed by atoms with Gasteiger partial charge in [-0.15, -0.1) is 6.42 Å². The topological polar surface area (TPSA) is 71.2 Å². The van der Waals surface area contributed by atoms with Crippen molar-refractivity contribution in [3.05, 3.63) is 35.5 Å². The first-order valence-electron chi connectivity index (χ1n) is 7.09. The third-order valence-corrected chi connectivity index (χ3v) is 3.26. The number of ether oxygens (including phenoxy) is 1. The highest BCUT2D eigenvalue weighted by Gasteiger charge is 2.21. The van der Waals surface area contributed by atoms with Crippen molar-refractivity contribution in [3.63, 3.8) is 0 Å². The number of carbonyl (C=O) groups is 2. The predicted molar refractivity (Wildman–Crippen MR) is 84.4 cm³/mol. The molecule has 1 aromatic heterocycles. The summed E-state index contributed by atoms with van der Waals surface area (Å²) in [6.45, 7) is 3.76. The number of esters is 1. The lowest BCUT2D eigenvalue weighted by atomic mass is 10.1. The third kappa shape index (κ3) is 3.29. The van der Waals surface area contributed by atoms with Crippen LogP contribution in [0.15, 0.2) is 24.3 Å². The van der Waals surface area contributed by atoms with Gasteiger partial charge in [-0.05, 0) is 19.9 Å². The third-order valence-electron chi connectivity index (χ3n) is 3.26. The van der Waals surface area contributed by atoms with Crippen molar-refractivity contribution in [2.45, 2.75) is 26.3 Å². The molecule has 0 fully saturated rings. The predicted octanol–water partition coefficient (Wildman–Crippen LogP) is 2.02. The Balaban J connectivity index is 2.42. The highest BCUT2D eigenvalue weighted by Crippen LogP contribution is 2.23. The normalized spacial score (nSPS) is 11.7. The minimum Gasteiger partial charge on any atom is -0.466 e. The molecule has 1 aromatic carbocycles. The van der Waals surface area contributed by atoms with Crippen LogP contribution in [0.3, 0.4) is 0 Å². The van der Waals surface area contributed by atoms with E-state index in [9.17, 15) is 9.59 Å². The number of amides is 1. The van der Waals surface area contributed by atoms with E-state index in [4.69, 9.17) is 11.2 Å². The molecule has 0 spiro atoms. The Bertz CT molecular complexity index is 740. The van der Waals surface area contributed by atoms with E-state index in [1.807, 2.05) is 24.3 Å². The SMILES string of the molecule is C#CC(C)NC(=O)c1[nH]c2ccccc2c1CC(=O)OCC. The van der Waals surface area contributed by atoms with Gasteiger partial charge in [0.25, 0.3) is 5.91 Å². The average molecular weight is 298 g/mol. The van der Waals surface area contributed by atoms with Crippen molar-refractivity contribution in [1.29, 1.82) is 0 Å². The molecule has 0 saturated carbocycles. The van der Waals surface area contributed by atoms with Crippen LogP contribution in [-0.2, 0) is 16.0 Å². The van der Waals surface area contributed by atoms with E-state index in [1.165, 1.54) is 0 Å². The number of para-hydroxylation sites is 1. The zero-order chi connectivity index (χ0) is 16.1. The first-order chi connectivity index (χ1) is 10.6. The standard InChI is InChI=1S/C17H18N2O3/c1-4-11(3)18-17(21)16-13(10-15(20)22-5-2)12-8-6-7-9-14(12)19-16/h1,6-9,11,19H,5,10H2,2-3H3,(H,18,21). The number of aromatic nitrogens is 1. The molecule has 22 heavy (non-hydrogen) atoms. The molecular weight excluding hydrogens is 280 g/mol. The molecule has 5 nitrogen and oxygen atoms in total. The smallest absolute Gasteiger partial charge is 0.310 e. The number of terminal acetylenes is 1. The number of H-pyrrole nitrogens is 1. The molecule has 0 aliphatic carbocycles. The van der Waals surface area contributed by atoms with Crippen molar-refractivity contribution in [1.82, 2.24) is 10.3 Å². The zero-order valence-corrected chi connectivity index (χ0v) is 12.6. The fourth-order valence-electron chi connectivity index (χ4n) is 2.24. The van der Waals surface area contributed by atoms with Crippen molar-refractivity contribution in [3.8, 4) is 12.3 Å². The van der Waals surface area contributed by atoms with Crippen LogP contribution in [0.5, 0.6) is 0 Å². The lowest BCUT2D eigenvalue weighted by Crippen LogP contribution is -2.32. The second-order valence-corrected chi connectivity index (χ2v) is 4.87. The maximum Gasteiger partial charge on any atom is 0.310 e. The number of fused-ring (bicyclic) bond motifs is 1. The maximum absolute atomic E-state index is 12.4. The van der Waals surface area contributed by atoms with E-state index in [-0.39, 0.29) is 18.3 Å². The molecule has 1 atom stereocenters. The summed E-state index contributed by atoms with van der Waals surface area (Å²) in [7, 11) is 0. The number of benzene rings is 1. The lowest BCUT2D eigenvalue weighted by molar-refractivity contribution is -0.142. The molecule has 2 rings (SSSR count). The van der Waals surface area contributed by atoms with Gasteiger partial charge in [0.2, 0.25) is 0 Å². The zero-order valence-electron chi connectivity index (χ0n) is 12.6. The first kappa shape index (κ1) is 15.6. The first-order valence-corrected chi connectivity index (χ1v) is 7.09. The highest BCUT2D eigenvalue weighted by molar-refractivity contribution is 6.02. The number of nitrogens with one attached hydrogen (secondary N) is 2. The summed E-state index contributed by atoms with van der Waals surface area (Å²) in [5, 5.41) is 3.52. The van der Waals surface area contributed by atoms with Gasteiger partial charge in [0.05, 0.1) is 19.1 Å². The fraction of sp³-hybridized carbons (Fsp3) is 0.294. The van der Waals surface area contributed by atoms with E-state index >= 15 is 0 Å². The van der Waals surface area contributed by atoms with E-state index in [1.54, 1.807) is 13.8 Å². The highest BCUT2D eigenvalue weighted by atomic mass is 16.5. The van der Waals surface area contributed by atoms with E-state index < -0.39 is 6.04 Å². The number of hydrogen-bond donors (Lipinski definition) is 2. The molecule has 0 bridgehead atoms.